The molecule has 35 heavy (non-hydrogen) atoms. The summed E-state index contributed by atoms with van der Waals surface area (Å²) in [5.74, 6) is 1.23. The topological polar surface area (TPSA) is 123 Å². The predicted octanol–water partition coefficient (Wildman–Crippen LogP) is 3.92. The van der Waals surface area contributed by atoms with Crippen LogP contribution < -0.4 is 10.3 Å². The van der Waals surface area contributed by atoms with E-state index in [0.717, 1.165) is 40.9 Å². The van der Waals surface area contributed by atoms with E-state index in [4.69, 9.17) is 9.84 Å². The maximum atomic E-state index is 12.8. The summed E-state index contributed by atoms with van der Waals surface area (Å²) in [5.41, 5.74) is 4.11. The van der Waals surface area contributed by atoms with Crippen LogP contribution in [0.4, 0.5) is 0 Å². The fraction of sp³-hybridized carbons (Fsp3) is 0.500. The monoisotopic (exact) mass is 477 g/mol. The molecule has 9 heteroatoms. The Labute approximate surface area is 203 Å². The molecular formula is C26H31N5O4. The van der Waals surface area contributed by atoms with Crippen LogP contribution in [0.5, 0.6) is 5.75 Å². The largest absolute Gasteiger partial charge is 0.485 e. The van der Waals surface area contributed by atoms with Crippen molar-refractivity contribution in [2.75, 3.05) is 0 Å². The summed E-state index contributed by atoms with van der Waals surface area (Å²) in [6.07, 6.45) is 8.30. The Morgan fingerprint density at radius 1 is 1.20 bits per heavy atom. The molecule has 1 atom stereocenters. The van der Waals surface area contributed by atoms with Gasteiger partial charge in [-0.25, -0.2) is 0 Å². The number of hydrogen-bond acceptors (Lipinski definition) is 6. The van der Waals surface area contributed by atoms with Crippen molar-refractivity contribution in [3.05, 3.63) is 68.9 Å². The fourth-order valence-corrected chi connectivity index (χ4v) is 5.16. The molecule has 2 saturated carbocycles. The first-order valence-electron chi connectivity index (χ1n) is 12.4. The maximum absolute atomic E-state index is 12.8. The van der Waals surface area contributed by atoms with Gasteiger partial charge in [0.2, 0.25) is 5.82 Å². The lowest BCUT2D eigenvalue weighted by Crippen LogP contribution is -2.17. The number of benzene rings is 1. The average Bonchev–Trinajstić information content (AvgIpc) is 3.34. The summed E-state index contributed by atoms with van der Waals surface area (Å²) in [7, 11) is 0. The van der Waals surface area contributed by atoms with Gasteiger partial charge in [0.15, 0.2) is 13.2 Å². The number of carboxylic acid groups (broad SMARTS) is 1. The number of pyridine rings is 1. The second kappa shape index (κ2) is 10.0. The lowest BCUT2D eigenvalue weighted by atomic mass is 9.84. The molecular weight excluding hydrogens is 446 g/mol. The summed E-state index contributed by atoms with van der Waals surface area (Å²) in [4.78, 5) is 27.8. The summed E-state index contributed by atoms with van der Waals surface area (Å²) >= 11 is 0. The van der Waals surface area contributed by atoms with Crippen LogP contribution in [0.1, 0.15) is 85.0 Å². The van der Waals surface area contributed by atoms with Gasteiger partial charge in [-0.15, -0.1) is 10.2 Å². The Morgan fingerprint density at radius 3 is 2.69 bits per heavy atom. The van der Waals surface area contributed by atoms with E-state index in [-0.39, 0.29) is 24.6 Å². The number of aliphatic carboxylic acids is 1. The number of aromatic nitrogens is 5. The van der Waals surface area contributed by atoms with E-state index < -0.39 is 5.97 Å². The van der Waals surface area contributed by atoms with Gasteiger partial charge in [-0.2, -0.15) is 4.80 Å². The minimum atomic E-state index is -1.03. The summed E-state index contributed by atoms with van der Waals surface area (Å²) in [5, 5.41) is 20.4. The highest BCUT2D eigenvalue weighted by Crippen LogP contribution is 2.40. The molecule has 1 aromatic carbocycles. The molecule has 2 fully saturated rings. The highest BCUT2D eigenvalue weighted by Gasteiger charge is 2.28. The van der Waals surface area contributed by atoms with Gasteiger partial charge in [-0.1, -0.05) is 43.9 Å². The van der Waals surface area contributed by atoms with Gasteiger partial charge in [0, 0.05) is 17.2 Å². The lowest BCUT2D eigenvalue weighted by Gasteiger charge is -2.22. The number of nitrogens with zero attached hydrogens (tertiary/aromatic N) is 4. The number of tetrazole rings is 1. The van der Waals surface area contributed by atoms with Crippen LogP contribution in [0.2, 0.25) is 0 Å². The number of hydrogen-bond donors (Lipinski definition) is 2. The van der Waals surface area contributed by atoms with Gasteiger partial charge in [0.1, 0.15) is 5.75 Å². The van der Waals surface area contributed by atoms with E-state index in [1.807, 2.05) is 19.1 Å². The lowest BCUT2D eigenvalue weighted by molar-refractivity contribution is -0.138. The van der Waals surface area contributed by atoms with E-state index in [1.54, 1.807) is 0 Å². The molecule has 0 spiro atoms. The Balaban J connectivity index is 1.34. The zero-order valence-corrected chi connectivity index (χ0v) is 19.9. The number of aromatic amines is 1. The molecule has 0 radical (unpaired) electrons. The van der Waals surface area contributed by atoms with Crippen molar-refractivity contribution in [2.45, 2.75) is 76.9 Å². The summed E-state index contributed by atoms with van der Waals surface area (Å²) < 4.78 is 5.90. The van der Waals surface area contributed by atoms with Crippen LogP contribution in [0.25, 0.3) is 0 Å². The van der Waals surface area contributed by atoms with Gasteiger partial charge in [0.05, 0.1) is 0 Å². The number of aryl methyl sites for hydroxylation is 1. The van der Waals surface area contributed by atoms with Crippen LogP contribution in [0.3, 0.4) is 0 Å². The Hall–Kier alpha value is -3.49. The first-order valence-corrected chi connectivity index (χ1v) is 12.4. The molecule has 1 unspecified atom stereocenters. The standard InChI is InChI=1S/C26H31N5O4/c1-16-12-19(8-11-23(16)35-15-24-28-30-31(29-24)14-25(32)33)21(13-17-4-2-3-5-17)22-10-9-20(18-6-7-18)26(34)27-22/h8-12,17-18,21H,2-7,13-15H2,1H3,(H,27,34)(H,32,33). The molecule has 3 aromatic rings. The Kier molecular flexibility index (Phi) is 6.66. The number of nitrogens with one attached hydrogen (secondary N) is 1. The van der Waals surface area contributed by atoms with Crippen molar-refractivity contribution in [1.29, 1.82) is 0 Å². The third-order valence-corrected chi connectivity index (χ3v) is 7.13. The molecule has 0 bridgehead atoms. The zero-order valence-electron chi connectivity index (χ0n) is 19.9. The van der Waals surface area contributed by atoms with E-state index in [9.17, 15) is 9.59 Å². The van der Waals surface area contributed by atoms with Gasteiger partial charge in [0.25, 0.3) is 5.56 Å². The van der Waals surface area contributed by atoms with E-state index >= 15 is 0 Å². The maximum Gasteiger partial charge on any atom is 0.327 e. The molecule has 0 aliphatic heterocycles. The molecule has 5 rings (SSSR count). The number of carbonyl (C=O) groups is 1. The van der Waals surface area contributed by atoms with Crippen molar-refractivity contribution >= 4 is 5.97 Å². The van der Waals surface area contributed by atoms with Crippen LogP contribution >= 0.6 is 0 Å². The van der Waals surface area contributed by atoms with Gasteiger partial charge < -0.3 is 14.8 Å². The minimum absolute atomic E-state index is 0.0570. The van der Waals surface area contributed by atoms with Crippen molar-refractivity contribution in [1.82, 2.24) is 25.2 Å². The molecule has 2 aliphatic carbocycles. The summed E-state index contributed by atoms with van der Waals surface area (Å²) in [6, 6.07) is 10.3. The molecule has 2 aliphatic rings. The highest BCUT2D eigenvalue weighted by atomic mass is 16.5. The second-order valence-electron chi connectivity index (χ2n) is 9.85. The number of rotatable bonds is 10. The third kappa shape index (κ3) is 5.61. The molecule has 0 amide bonds. The molecule has 184 valence electrons. The van der Waals surface area contributed by atoms with E-state index in [1.165, 1.54) is 31.2 Å². The quantitative estimate of drug-likeness (QED) is 0.454. The molecule has 0 saturated heterocycles. The number of ether oxygens (including phenoxy) is 1. The van der Waals surface area contributed by atoms with Crippen molar-refractivity contribution < 1.29 is 14.6 Å². The minimum Gasteiger partial charge on any atom is -0.485 e. The first-order chi connectivity index (χ1) is 17.0. The predicted molar refractivity (Wildman–Crippen MR) is 128 cm³/mol. The third-order valence-electron chi connectivity index (χ3n) is 7.13. The van der Waals surface area contributed by atoms with E-state index in [0.29, 0.717) is 23.4 Å². The smallest absolute Gasteiger partial charge is 0.327 e. The van der Waals surface area contributed by atoms with Crippen LogP contribution in [-0.2, 0) is 17.9 Å². The molecule has 9 nitrogen and oxygen atoms in total. The summed E-state index contributed by atoms with van der Waals surface area (Å²) in [6.45, 7) is 1.76. The van der Waals surface area contributed by atoms with E-state index in [2.05, 4.69) is 38.6 Å². The highest BCUT2D eigenvalue weighted by molar-refractivity contribution is 5.66. The number of H-pyrrole nitrogens is 1. The average molecular weight is 478 g/mol. The van der Waals surface area contributed by atoms with Gasteiger partial charge >= 0.3 is 5.97 Å². The zero-order chi connectivity index (χ0) is 24.4. The normalized spacial score (nSPS) is 16.9. The molecule has 2 N–H and O–H groups in total. The van der Waals surface area contributed by atoms with Crippen molar-refractivity contribution in [3.8, 4) is 5.75 Å². The first kappa shape index (κ1) is 23.3. The molecule has 2 aromatic heterocycles. The molecule has 2 heterocycles. The van der Waals surface area contributed by atoms with Crippen molar-refractivity contribution in [3.63, 3.8) is 0 Å². The number of carboxylic acids is 1. The Bertz CT molecular complexity index is 1260. The SMILES string of the molecule is Cc1cc(C(CC2CCCC2)c2ccc(C3CC3)c(=O)[nH]2)ccc1OCc1nnn(CC(=O)O)n1. The fourth-order valence-electron chi connectivity index (χ4n) is 5.16. The van der Waals surface area contributed by atoms with Gasteiger partial charge in [-0.05, 0) is 66.5 Å². The van der Waals surface area contributed by atoms with Gasteiger partial charge in [-0.3, -0.25) is 9.59 Å². The van der Waals surface area contributed by atoms with Crippen molar-refractivity contribution in [2.24, 2.45) is 5.92 Å². The van der Waals surface area contributed by atoms with Crippen LogP contribution in [0, 0.1) is 12.8 Å². The Morgan fingerprint density at radius 2 is 2.00 bits per heavy atom. The second-order valence-corrected chi connectivity index (χ2v) is 9.85. The van der Waals surface area contributed by atoms with Crippen LogP contribution in [-0.4, -0.2) is 36.3 Å². The van der Waals surface area contributed by atoms with Crippen LogP contribution in [0.15, 0.2) is 35.1 Å².